The number of rotatable bonds is 4. The lowest BCUT2D eigenvalue weighted by Gasteiger charge is -2.24. The zero-order valence-corrected chi connectivity index (χ0v) is 15.4. The fourth-order valence-electron chi connectivity index (χ4n) is 3.13. The summed E-state index contributed by atoms with van der Waals surface area (Å²) < 4.78 is 11.5. The number of thioether (sulfide) groups is 1. The fraction of sp³-hybridized carbons (Fsp3) is 0.579. The summed E-state index contributed by atoms with van der Waals surface area (Å²) in [4.78, 5) is 0. The SMILES string of the molecule is CC.CCC(O)/C=C\C12CCSCc3ccc(OC)c(c31)OC2. The third-order valence-electron chi connectivity index (χ3n) is 4.41. The molecule has 0 saturated carbocycles. The van der Waals surface area contributed by atoms with Crippen molar-refractivity contribution in [3.05, 3.63) is 35.4 Å². The summed E-state index contributed by atoms with van der Waals surface area (Å²) in [5, 5.41) is 9.88. The molecule has 23 heavy (non-hydrogen) atoms. The van der Waals surface area contributed by atoms with Crippen molar-refractivity contribution >= 4 is 11.8 Å². The maximum absolute atomic E-state index is 9.88. The molecular weight excluding hydrogens is 308 g/mol. The molecule has 128 valence electrons. The molecule has 2 aliphatic heterocycles. The van der Waals surface area contributed by atoms with E-state index in [1.807, 2.05) is 44.7 Å². The van der Waals surface area contributed by atoms with Crippen LogP contribution in [0.25, 0.3) is 0 Å². The summed E-state index contributed by atoms with van der Waals surface area (Å²) in [6.45, 7) is 6.63. The van der Waals surface area contributed by atoms with E-state index in [-0.39, 0.29) is 11.5 Å². The zero-order chi connectivity index (χ0) is 16.9. The maximum Gasteiger partial charge on any atom is 0.165 e. The molecule has 1 aromatic carbocycles. The van der Waals surface area contributed by atoms with Crippen LogP contribution >= 0.6 is 11.8 Å². The van der Waals surface area contributed by atoms with Gasteiger partial charge >= 0.3 is 0 Å². The van der Waals surface area contributed by atoms with Crippen LogP contribution in [0.1, 0.15) is 44.7 Å². The molecule has 0 aliphatic carbocycles. The normalized spacial score (nSPS) is 23.3. The Morgan fingerprint density at radius 1 is 1.43 bits per heavy atom. The molecule has 4 heteroatoms. The van der Waals surface area contributed by atoms with Crippen LogP contribution in [0.15, 0.2) is 24.3 Å². The van der Waals surface area contributed by atoms with Gasteiger partial charge in [-0.2, -0.15) is 11.8 Å². The van der Waals surface area contributed by atoms with Gasteiger partial charge in [-0.25, -0.2) is 0 Å². The number of aliphatic hydroxyl groups excluding tert-OH is 1. The number of ether oxygens (including phenoxy) is 2. The molecule has 0 spiro atoms. The molecule has 0 bridgehead atoms. The van der Waals surface area contributed by atoms with E-state index >= 15 is 0 Å². The first-order chi connectivity index (χ1) is 11.2. The second-order valence-electron chi connectivity index (χ2n) is 5.71. The van der Waals surface area contributed by atoms with E-state index in [2.05, 4.69) is 12.1 Å². The van der Waals surface area contributed by atoms with Gasteiger partial charge in [0.1, 0.15) is 6.61 Å². The number of hydrogen-bond donors (Lipinski definition) is 1. The van der Waals surface area contributed by atoms with Gasteiger partial charge in [0.15, 0.2) is 11.5 Å². The lowest BCUT2D eigenvalue weighted by atomic mass is 9.77. The summed E-state index contributed by atoms with van der Waals surface area (Å²) >= 11 is 1.96. The molecule has 1 aromatic rings. The number of methoxy groups -OCH3 is 1. The van der Waals surface area contributed by atoms with Gasteiger partial charge < -0.3 is 14.6 Å². The van der Waals surface area contributed by atoms with E-state index in [0.717, 1.165) is 35.8 Å². The van der Waals surface area contributed by atoms with Crippen LogP contribution < -0.4 is 9.47 Å². The van der Waals surface area contributed by atoms with Gasteiger partial charge in [-0.1, -0.05) is 39.0 Å². The molecule has 0 radical (unpaired) electrons. The van der Waals surface area contributed by atoms with Gasteiger partial charge in [-0.15, -0.1) is 0 Å². The van der Waals surface area contributed by atoms with Crippen LogP contribution in [0.3, 0.4) is 0 Å². The van der Waals surface area contributed by atoms with Gasteiger partial charge in [-0.05, 0) is 30.2 Å². The van der Waals surface area contributed by atoms with Crippen LogP contribution in [0.5, 0.6) is 11.5 Å². The van der Waals surface area contributed by atoms with E-state index in [9.17, 15) is 5.11 Å². The van der Waals surface area contributed by atoms with Crippen LogP contribution in [-0.4, -0.2) is 30.7 Å². The van der Waals surface area contributed by atoms with Crippen molar-refractivity contribution in [2.75, 3.05) is 19.5 Å². The molecular formula is C19H28O3S. The van der Waals surface area contributed by atoms with Crippen LogP contribution in [0, 0.1) is 0 Å². The van der Waals surface area contributed by atoms with E-state index in [0.29, 0.717) is 6.61 Å². The van der Waals surface area contributed by atoms with Crippen molar-refractivity contribution in [2.24, 2.45) is 0 Å². The largest absolute Gasteiger partial charge is 0.493 e. The molecule has 0 aromatic heterocycles. The highest BCUT2D eigenvalue weighted by molar-refractivity contribution is 7.98. The second-order valence-corrected chi connectivity index (χ2v) is 6.82. The Morgan fingerprint density at radius 3 is 2.91 bits per heavy atom. The predicted molar refractivity (Wildman–Crippen MR) is 97.7 cm³/mol. The standard InChI is InChI=1S/C17H22O3S.C2H6/c1-3-13(18)6-7-17-8-9-21-10-12-4-5-14(19-2)16(15(12)17)20-11-17;1-2/h4-7,13,18H,3,8-11H2,1-2H3;1-2H3/b7-6-;. The zero-order valence-electron chi connectivity index (χ0n) is 14.6. The lowest BCUT2D eigenvalue weighted by Crippen LogP contribution is -2.27. The third kappa shape index (κ3) is 3.53. The molecule has 2 atom stereocenters. The molecule has 2 heterocycles. The van der Waals surface area contributed by atoms with Gasteiger partial charge in [0.05, 0.1) is 18.6 Å². The molecule has 1 N–H and O–H groups in total. The van der Waals surface area contributed by atoms with E-state index in [4.69, 9.17) is 9.47 Å². The summed E-state index contributed by atoms with van der Waals surface area (Å²) in [6.07, 6.45) is 5.49. The van der Waals surface area contributed by atoms with E-state index in [1.54, 1.807) is 7.11 Å². The predicted octanol–water partition coefficient (Wildman–Crippen LogP) is 4.32. The Hall–Kier alpha value is -1.13. The average molecular weight is 336 g/mol. The van der Waals surface area contributed by atoms with Gasteiger partial charge in [0.2, 0.25) is 0 Å². The summed E-state index contributed by atoms with van der Waals surface area (Å²) in [5.74, 6) is 3.83. The summed E-state index contributed by atoms with van der Waals surface area (Å²) in [7, 11) is 1.68. The molecule has 2 unspecified atom stereocenters. The fourth-order valence-corrected chi connectivity index (χ4v) is 4.24. The summed E-state index contributed by atoms with van der Waals surface area (Å²) in [6, 6.07) is 4.16. The topological polar surface area (TPSA) is 38.7 Å². The maximum atomic E-state index is 9.88. The van der Waals surface area contributed by atoms with Crippen molar-refractivity contribution in [3.63, 3.8) is 0 Å². The Balaban J connectivity index is 0.000000924. The van der Waals surface area contributed by atoms with Gasteiger partial charge in [-0.3, -0.25) is 0 Å². The quantitative estimate of drug-likeness (QED) is 0.831. The first kappa shape index (κ1) is 18.2. The smallest absolute Gasteiger partial charge is 0.165 e. The monoisotopic (exact) mass is 336 g/mol. The number of benzene rings is 1. The average Bonchev–Trinajstić information content (AvgIpc) is 2.88. The van der Waals surface area contributed by atoms with Crippen molar-refractivity contribution in [1.82, 2.24) is 0 Å². The minimum Gasteiger partial charge on any atom is -0.493 e. The number of aliphatic hydroxyl groups is 1. The van der Waals surface area contributed by atoms with E-state index in [1.165, 1.54) is 11.1 Å². The molecule has 0 saturated heterocycles. The Kier molecular flexibility index (Phi) is 6.42. The van der Waals surface area contributed by atoms with E-state index < -0.39 is 0 Å². The molecule has 0 fully saturated rings. The molecule has 2 aliphatic rings. The Labute approximate surface area is 144 Å². The lowest BCUT2D eigenvalue weighted by molar-refractivity contribution is 0.216. The molecule has 3 nitrogen and oxygen atoms in total. The van der Waals surface area contributed by atoms with Crippen LogP contribution in [-0.2, 0) is 11.2 Å². The van der Waals surface area contributed by atoms with Crippen molar-refractivity contribution in [2.45, 2.75) is 50.9 Å². The van der Waals surface area contributed by atoms with Crippen LogP contribution in [0.2, 0.25) is 0 Å². The minimum atomic E-state index is -0.381. The van der Waals surface area contributed by atoms with Crippen molar-refractivity contribution < 1.29 is 14.6 Å². The van der Waals surface area contributed by atoms with Gasteiger partial charge in [0, 0.05) is 11.3 Å². The highest BCUT2D eigenvalue weighted by atomic mass is 32.2. The van der Waals surface area contributed by atoms with Crippen molar-refractivity contribution in [3.8, 4) is 11.5 Å². The van der Waals surface area contributed by atoms with Gasteiger partial charge in [0.25, 0.3) is 0 Å². The first-order valence-corrected chi connectivity index (χ1v) is 9.64. The number of hydrogen-bond acceptors (Lipinski definition) is 4. The molecule has 3 rings (SSSR count). The summed E-state index contributed by atoms with van der Waals surface area (Å²) in [5.41, 5.74) is 2.49. The van der Waals surface area contributed by atoms with Crippen molar-refractivity contribution in [1.29, 1.82) is 0 Å². The highest BCUT2D eigenvalue weighted by Gasteiger charge is 2.43. The first-order valence-electron chi connectivity index (χ1n) is 8.48. The minimum absolute atomic E-state index is 0.112. The highest BCUT2D eigenvalue weighted by Crippen LogP contribution is 2.51. The van der Waals surface area contributed by atoms with Crippen LogP contribution in [0.4, 0.5) is 0 Å². The second kappa shape index (κ2) is 8.11. The Morgan fingerprint density at radius 2 is 2.22 bits per heavy atom. The Bertz CT molecular complexity index is 556. The molecule has 0 amide bonds. The third-order valence-corrected chi connectivity index (χ3v) is 5.41.